The fourth-order valence-corrected chi connectivity index (χ4v) is 6.23. The summed E-state index contributed by atoms with van der Waals surface area (Å²) in [6.45, 7) is 5.68. The van der Waals surface area contributed by atoms with E-state index < -0.39 is 42.9 Å². The molecule has 262 valence electrons. The molecule has 0 radical (unpaired) electrons. The maximum Gasteiger partial charge on any atom is 0.247 e. The Labute approximate surface area is 279 Å². The number of aryl methyl sites for hydroxylation is 3. The molecule has 2 aliphatic heterocycles. The van der Waals surface area contributed by atoms with E-state index in [1.165, 1.54) is 0 Å². The molecule has 0 bridgehead atoms. The van der Waals surface area contributed by atoms with Gasteiger partial charge in [0.05, 0.1) is 30.7 Å². The number of carbonyl (C=O) groups excluding carboxylic acids is 2. The average Bonchev–Trinajstić information content (AvgIpc) is 3.44. The van der Waals surface area contributed by atoms with Gasteiger partial charge in [-0.25, -0.2) is 0 Å². The molecule has 7 N–H and O–H groups in total. The van der Waals surface area contributed by atoms with Crippen LogP contribution in [0.15, 0.2) is 42.5 Å². The third kappa shape index (κ3) is 8.14. The number of aliphatic hydroxyl groups is 5. The number of piperazine rings is 1. The van der Waals surface area contributed by atoms with Crippen molar-refractivity contribution in [3.8, 4) is 5.88 Å². The second kappa shape index (κ2) is 15.7. The number of ether oxygens (including phenoxy) is 2. The Bertz CT molecular complexity index is 1540. The molecule has 2 saturated heterocycles. The van der Waals surface area contributed by atoms with Crippen molar-refractivity contribution in [3.05, 3.63) is 59.2 Å². The number of benzene rings is 2. The SMILES string of the molecule is CC(C)(NC(=O)CCc1ccc(CCc2cccc3c2c(O[C@@H]2O[C@H](CO)[C@@H](O)[C@H](O)[C@H]2O)nn3CCO)cc1)C(=O)N1CCNCC1. The molecule has 0 aliphatic carbocycles. The van der Waals surface area contributed by atoms with E-state index in [0.29, 0.717) is 43.3 Å². The predicted molar refractivity (Wildman–Crippen MR) is 175 cm³/mol. The zero-order valence-corrected chi connectivity index (χ0v) is 27.4. The molecular weight excluding hydrogens is 622 g/mol. The van der Waals surface area contributed by atoms with Gasteiger partial charge in [0.1, 0.15) is 30.0 Å². The first-order valence-electron chi connectivity index (χ1n) is 16.5. The highest BCUT2D eigenvalue weighted by atomic mass is 16.7. The lowest BCUT2D eigenvalue weighted by Crippen LogP contribution is -2.60. The van der Waals surface area contributed by atoms with Gasteiger partial charge >= 0.3 is 0 Å². The van der Waals surface area contributed by atoms with E-state index in [1.807, 2.05) is 42.5 Å². The highest BCUT2D eigenvalue weighted by Gasteiger charge is 2.45. The van der Waals surface area contributed by atoms with Crippen LogP contribution in [-0.2, 0) is 40.1 Å². The molecule has 0 spiro atoms. The number of aromatic nitrogens is 2. The van der Waals surface area contributed by atoms with Crippen LogP contribution in [0.1, 0.15) is 37.0 Å². The van der Waals surface area contributed by atoms with E-state index in [1.54, 1.807) is 23.4 Å². The highest BCUT2D eigenvalue weighted by molar-refractivity contribution is 5.91. The summed E-state index contributed by atoms with van der Waals surface area (Å²) in [5.74, 6) is -0.125. The summed E-state index contributed by atoms with van der Waals surface area (Å²) in [5.41, 5.74) is 2.70. The first-order chi connectivity index (χ1) is 23.0. The van der Waals surface area contributed by atoms with Gasteiger partial charge < -0.3 is 50.5 Å². The zero-order chi connectivity index (χ0) is 34.4. The Morgan fingerprint density at radius 2 is 1.67 bits per heavy atom. The van der Waals surface area contributed by atoms with Crippen LogP contribution in [0, 0.1) is 0 Å². The number of nitrogens with zero attached hydrogens (tertiary/aromatic N) is 3. The van der Waals surface area contributed by atoms with Crippen LogP contribution in [0.2, 0.25) is 0 Å². The first kappa shape index (κ1) is 35.7. The Morgan fingerprint density at radius 3 is 2.33 bits per heavy atom. The van der Waals surface area contributed by atoms with Gasteiger partial charge in [0.2, 0.25) is 24.0 Å². The van der Waals surface area contributed by atoms with Gasteiger partial charge in [0, 0.05) is 32.6 Å². The van der Waals surface area contributed by atoms with Crippen molar-refractivity contribution in [2.24, 2.45) is 0 Å². The van der Waals surface area contributed by atoms with Crippen molar-refractivity contribution >= 4 is 22.7 Å². The number of hydrogen-bond donors (Lipinski definition) is 7. The lowest BCUT2D eigenvalue weighted by atomic mass is 9.99. The van der Waals surface area contributed by atoms with E-state index >= 15 is 0 Å². The smallest absolute Gasteiger partial charge is 0.247 e. The van der Waals surface area contributed by atoms with Crippen molar-refractivity contribution in [2.75, 3.05) is 39.4 Å². The van der Waals surface area contributed by atoms with Crippen LogP contribution < -0.4 is 15.4 Å². The van der Waals surface area contributed by atoms with E-state index in [9.17, 15) is 35.1 Å². The molecule has 2 aromatic carbocycles. The van der Waals surface area contributed by atoms with Crippen LogP contribution in [0.3, 0.4) is 0 Å². The van der Waals surface area contributed by atoms with Crippen LogP contribution in [0.25, 0.3) is 10.9 Å². The molecule has 48 heavy (non-hydrogen) atoms. The largest absolute Gasteiger partial charge is 0.443 e. The van der Waals surface area contributed by atoms with Gasteiger partial charge in [0.15, 0.2) is 0 Å². The molecule has 2 aliphatic rings. The molecule has 2 amide bonds. The lowest BCUT2D eigenvalue weighted by Gasteiger charge is -2.39. The van der Waals surface area contributed by atoms with Gasteiger partial charge in [-0.2, -0.15) is 0 Å². The van der Waals surface area contributed by atoms with E-state index in [0.717, 1.165) is 29.8 Å². The number of fused-ring (bicyclic) bond motifs is 1. The normalized spacial score (nSPS) is 23.3. The maximum atomic E-state index is 12.9. The molecule has 2 fully saturated rings. The molecule has 3 aromatic rings. The molecule has 1 aromatic heterocycles. The summed E-state index contributed by atoms with van der Waals surface area (Å²) in [5, 5.41) is 61.4. The molecule has 3 heterocycles. The third-order valence-corrected chi connectivity index (χ3v) is 8.96. The number of nitrogens with one attached hydrogen (secondary N) is 2. The second-order valence-corrected chi connectivity index (χ2v) is 12.9. The van der Waals surface area contributed by atoms with Crippen LogP contribution >= 0.6 is 0 Å². The number of carbonyl (C=O) groups is 2. The number of amides is 2. The van der Waals surface area contributed by atoms with E-state index in [2.05, 4.69) is 15.7 Å². The van der Waals surface area contributed by atoms with Gasteiger partial charge in [-0.05, 0) is 55.9 Å². The van der Waals surface area contributed by atoms with Crippen LogP contribution in [0.4, 0.5) is 0 Å². The average molecular weight is 670 g/mol. The first-order valence-corrected chi connectivity index (χ1v) is 16.5. The minimum Gasteiger partial charge on any atom is -0.443 e. The Morgan fingerprint density at radius 1 is 0.979 bits per heavy atom. The molecule has 5 rings (SSSR count). The topological polar surface area (TPSA) is 199 Å². The van der Waals surface area contributed by atoms with E-state index in [4.69, 9.17) is 9.47 Å². The number of aliphatic hydroxyl groups excluding tert-OH is 5. The van der Waals surface area contributed by atoms with Crippen molar-refractivity contribution < 1.29 is 44.6 Å². The minimum atomic E-state index is -1.60. The standard InChI is InChI=1S/C34H47N5O9/c1-34(2,33(46)38-16-14-35-15-17-38)36-26(42)13-11-22-8-6-21(7-9-22)10-12-23-4-3-5-24-27(23)31(37-39(24)18-19-40)48-32-30(45)29(44)28(43)25(20-41)47-32/h3-9,25,28-30,32,35,40-41,43-45H,10-20H2,1-2H3,(H,36,42)/t25-,28-,29+,30-,32+/m1/s1. The molecule has 0 unspecified atom stereocenters. The predicted octanol–water partition coefficient (Wildman–Crippen LogP) is -0.748. The quantitative estimate of drug-likeness (QED) is 0.121. The lowest BCUT2D eigenvalue weighted by molar-refractivity contribution is -0.278. The Balaban J connectivity index is 1.22. The molecule has 14 nitrogen and oxygen atoms in total. The summed E-state index contributed by atoms with van der Waals surface area (Å²) in [4.78, 5) is 27.5. The van der Waals surface area contributed by atoms with Crippen molar-refractivity contribution in [3.63, 3.8) is 0 Å². The zero-order valence-electron chi connectivity index (χ0n) is 27.4. The fourth-order valence-electron chi connectivity index (χ4n) is 6.23. The Hall–Kier alpha value is -3.63. The summed E-state index contributed by atoms with van der Waals surface area (Å²) in [7, 11) is 0. The van der Waals surface area contributed by atoms with Crippen LogP contribution in [0.5, 0.6) is 5.88 Å². The second-order valence-electron chi connectivity index (χ2n) is 12.9. The number of rotatable bonds is 13. The summed E-state index contributed by atoms with van der Waals surface area (Å²) in [6, 6.07) is 13.7. The molecular formula is C34H47N5O9. The van der Waals surface area contributed by atoms with Gasteiger partial charge in [-0.15, -0.1) is 5.10 Å². The Kier molecular flexibility index (Phi) is 11.7. The van der Waals surface area contributed by atoms with Crippen molar-refractivity contribution in [1.29, 1.82) is 0 Å². The monoisotopic (exact) mass is 669 g/mol. The van der Waals surface area contributed by atoms with Gasteiger partial charge in [-0.1, -0.05) is 36.4 Å². The molecule has 14 heteroatoms. The summed E-state index contributed by atoms with van der Waals surface area (Å²) in [6.07, 6.45) is -5.17. The summed E-state index contributed by atoms with van der Waals surface area (Å²) < 4.78 is 13.1. The third-order valence-electron chi connectivity index (χ3n) is 8.96. The van der Waals surface area contributed by atoms with Crippen LogP contribution in [-0.4, -0.2) is 128 Å². The highest BCUT2D eigenvalue weighted by Crippen LogP contribution is 2.32. The van der Waals surface area contributed by atoms with Gasteiger partial charge in [0.25, 0.3) is 0 Å². The summed E-state index contributed by atoms with van der Waals surface area (Å²) >= 11 is 0. The van der Waals surface area contributed by atoms with Crippen molar-refractivity contribution in [1.82, 2.24) is 25.3 Å². The van der Waals surface area contributed by atoms with E-state index in [-0.39, 0.29) is 37.3 Å². The fraction of sp³-hybridized carbons (Fsp3) is 0.559. The molecule has 0 saturated carbocycles. The number of hydrogen-bond acceptors (Lipinski definition) is 11. The maximum absolute atomic E-state index is 12.9. The molecule has 5 atom stereocenters. The van der Waals surface area contributed by atoms with Crippen molar-refractivity contribution in [2.45, 2.75) is 82.3 Å². The van der Waals surface area contributed by atoms with Gasteiger partial charge in [-0.3, -0.25) is 14.3 Å². The minimum absolute atomic E-state index is 0.0780.